The van der Waals surface area contributed by atoms with E-state index in [-0.39, 0.29) is 11.9 Å². The summed E-state index contributed by atoms with van der Waals surface area (Å²) in [6, 6.07) is 7.38. The summed E-state index contributed by atoms with van der Waals surface area (Å²) in [7, 11) is 0. The number of aromatic nitrogens is 3. The van der Waals surface area contributed by atoms with Crippen LogP contribution in [0.3, 0.4) is 0 Å². The lowest BCUT2D eigenvalue weighted by Crippen LogP contribution is -2.55. The van der Waals surface area contributed by atoms with Gasteiger partial charge in [0.25, 0.3) is 5.91 Å². The number of nitrogens with zero attached hydrogens (tertiary/aromatic N) is 5. The number of hydrogen-bond donors (Lipinski definition) is 1. The van der Waals surface area contributed by atoms with E-state index in [0.29, 0.717) is 41.8 Å². The van der Waals surface area contributed by atoms with Gasteiger partial charge in [0.05, 0.1) is 28.5 Å². The topological polar surface area (TPSA) is 91.6 Å². The molecule has 1 aromatic carbocycles. The average molecular weight is 468 g/mol. The molecule has 2 amide bonds. The molecule has 0 radical (unpaired) electrons. The van der Waals surface area contributed by atoms with Gasteiger partial charge in [0.15, 0.2) is 0 Å². The molecule has 2 aliphatic rings. The molecule has 8 nitrogen and oxygen atoms in total. The van der Waals surface area contributed by atoms with E-state index in [1.807, 2.05) is 36.1 Å². The van der Waals surface area contributed by atoms with Crippen molar-refractivity contribution in [3.63, 3.8) is 0 Å². The van der Waals surface area contributed by atoms with Crippen molar-refractivity contribution in [3.05, 3.63) is 47.2 Å². The van der Waals surface area contributed by atoms with Crippen molar-refractivity contribution < 1.29 is 14.7 Å². The van der Waals surface area contributed by atoms with Crippen LogP contribution in [0, 0.1) is 0 Å². The van der Waals surface area contributed by atoms with Crippen LogP contribution in [0.5, 0.6) is 0 Å². The number of piperazine rings is 1. The molecule has 9 heteroatoms. The third-order valence-corrected chi connectivity index (χ3v) is 7.08. The van der Waals surface area contributed by atoms with Gasteiger partial charge in [0.2, 0.25) is 0 Å². The minimum atomic E-state index is -0.956. The molecular formula is C24H26ClN5O3. The maximum absolute atomic E-state index is 13.1. The zero-order valence-corrected chi connectivity index (χ0v) is 19.2. The summed E-state index contributed by atoms with van der Waals surface area (Å²) in [6.07, 6.45) is 7.67. The highest BCUT2D eigenvalue weighted by atomic mass is 35.5. The van der Waals surface area contributed by atoms with Gasteiger partial charge in [-0.25, -0.2) is 9.78 Å². The number of hydrogen-bond acceptors (Lipinski definition) is 4. The lowest BCUT2D eigenvalue weighted by molar-refractivity contribution is 0.0507. The zero-order chi connectivity index (χ0) is 23.1. The highest BCUT2D eigenvalue weighted by Gasteiger charge is 2.30. The van der Waals surface area contributed by atoms with Crippen LogP contribution in [0.2, 0.25) is 5.02 Å². The van der Waals surface area contributed by atoms with Crippen LogP contribution < -0.4 is 0 Å². The third kappa shape index (κ3) is 4.15. The molecule has 2 fully saturated rings. The van der Waals surface area contributed by atoms with E-state index in [4.69, 9.17) is 16.6 Å². The Bertz CT molecular complexity index is 1220. The van der Waals surface area contributed by atoms with Crippen molar-refractivity contribution in [1.29, 1.82) is 0 Å². The Kier molecular flexibility index (Phi) is 5.70. The van der Waals surface area contributed by atoms with Crippen LogP contribution in [0.1, 0.15) is 49.0 Å². The summed E-state index contributed by atoms with van der Waals surface area (Å²) in [6.45, 7) is 2.84. The normalized spacial score (nSPS) is 19.4. The summed E-state index contributed by atoms with van der Waals surface area (Å²) in [5.41, 5.74) is 2.79. The van der Waals surface area contributed by atoms with Gasteiger partial charge in [0.1, 0.15) is 0 Å². The van der Waals surface area contributed by atoms with Crippen LogP contribution in [0.25, 0.3) is 22.2 Å². The zero-order valence-electron chi connectivity index (χ0n) is 18.4. The number of fused-ring (bicyclic) bond motifs is 1. The number of benzene rings is 1. The second kappa shape index (κ2) is 8.67. The summed E-state index contributed by atoms with van der Waals surface area (Å²) >= 11 is 6.57. The van der Waals surface area contributed by atoms with Crippen LogP contribution in [0.15, 0.2) is 36.7 Å². The third-order valence-electron chi connectivity index (χ3n) is 6.76. The smallest absolute Gasteiger partial charge is 0.407 e. The highest BCUT2D eigenvalue weighted by Crippen LogP contribution is 2.32. The van der Waals surface area contributed by atoms with Crippen LogP contribution in [-0.4, -0.2) is 67.3 Å². The molecule has 0 unspecified atom stereocenters. The molecule has 1 saturated heterocycles. The quantitative estimate of drug-likeness (QED) is 0.603. The summed E-state index contributed by atoms with van der Waals surface area (Å²) in [5.74, 6) is -0.133. The minimum absolute atomic E-state index is 0.133. The van der Waals surface area contributed by atoms with E-state index in [1.165, 1.54) is 17.7 Å². The second-order valence-electron chi connectivity index (χ2n) is 8.94. The molecule has 0 spiro atoms. The van der Waals surface area contributed by atoms with Crippen molar-refractivity contribution in [3.8, 4) is 11.3 Å². The fourth-order valence-electron chi connectivity index (χ4n) is 4.91. The number of amides is 2. The molecule has 5 rings (SSSR count). The monoisotopic (exact) mass is 467 g/mol. The van der Waals surface area contributed by atoms with Gasteiger partial charge in [-0.3, -0.25) is 9.48 Å². The molecule has 0 bridgehead atoms. The Hall–Kier alpha value is -3.13. The van der Waals surface area contributed by atoms with Crippen molar-refractivity contribution in [2.75, 3.05) is 19.6 Å². The molecule has 2 aromatic heterocycles. The molecule has 1 aliphatic carbocycles. The number of carbonyl (C=O) groups is 2. The standard InChI is InChI=1S/C24H26ClN5O3/c1-15-13-28(8-9-29(15)24(32)33)23(31)16-6-7-19-20(25)11-21(27-22(19)10-16)17-12-26-30(14-17)18-4-2-3-5-18/h6-7,10-12,14-15,18H,2-5,8-9,13H2,1H3,(H,32,33)/t15-/m0/s1. The van der Waals surface area contributed by atoms with Gasteiger partial charge in [0, 0.05) is 48.4 Å². The number of carboxylic acid groups (broad SMARTS) is 1. The van der Waals surface area contributed by atoms with Crippen molar-refractivity contribution in [2.24, 2.45) is 0 Å². The number of rotatable bonds is 3. The fourth-order valence-corrected chi connectivity index (χ4v) is 5.18. The van der Waals surface area contributed by atoms with Gasteiger partial charge < -0.3 is 14.9 Å². The molecule has 1 aliphatic heterocycles. The van der Waals surface area contributed by atoms with Gasteiger partial charge >= 0.3 is 6.09 Å². The first kappa shape index (κ1) is 21.7. The Labute approximate surface area is 196 Å². The van der Waals surface area contributed by atoms with Crippen molar-refractivity contribution in [1.82, 2.24) is 24.6 Å². The van der Waals surface area contributed by atoms with E-state index in [2.05, 4.69) is 5.10 Å². The lowest BCUT2D eigenvalue weighted by Gasteiger charge is -2.38. The first-order chi connectivity index (χ1) is 15.9. The van der Waals surface area contributed by atoms with E-state index in [1.54, 1.807) is 17.0 Å². The summed E-state index contributed by atoms with van der Waals surface area (Å²) in [4.78, 5) is 32.3. The fraction of sp³-hybridized carbons (Fsp3) is 0.417. The molecule has 1 saturated carbocycles. The first-order valence-electron chi connectivity index (χ1n) is 11.3. The Morgan fingerprint density at radius 3 is 2.67 bits per heavy atom. The predicted octanol–water partition coefficient (Wildman–Crippen LogP) is 4.69. The Morgan fingerprint density at radius 1 is 1.15 bits per heavy atom. The van der Waals surface area contributed by atoms with Crippen LogP contribution >= 0.6 is 11.6 Å². The van der Waals surface area contributed by atoms with Gasteiger partial charge in [-0.05, 0) is 38.0 Å². The Balaban J connectivity index is 1.42. The summed E-state index contributed by atoms with van der Waals surface area (Å²) in [5, 5.41) is 15.2. The minimum Gasteiger partial charge on any atom is -0.465 e. The maximum Gasteiger partial charge on any atom is 0.407 e. The van der Waals surface area contributed by atoms with Crippen LogP contribution in [0.4, 0.5) is 4.79 Å². The van der Waals surface area contributed by atoms with Crippen molar-refractivity contribution in [2.45, 2.75) is 44.7 Å². The van der Waals surface area contributed by atoms with Crippen molar-refractivity contribution >= 4 is 34.5 Å². The van der Waals surface area contributed by atoms with E-state index in [9.17, 15) is 14.7 Å². The highest BCUT2D eigenvalue weighted by molar-refractivity contribution is 6.35. The number of carbonyl (C=O) groups excluding carboxylic acids is 1. The SMILES string of the molecule is C[C@H]1CN(C(=O)c2ccc3c(Cl)cc(-c4cnn(C5CCCC5)c4)nc3c2)CCN1C(=O)O. The molecule has 3 aromatic rings. The maximum atomic E-state index is 13.1. The average Bonchev–Trinajstić information content (AvgIpc) is 3.50. The van der Waals surface area contributed by atoms with Gasteiger partial charge in [-0.1, -0.05) is 30.5 Å². The molecule has 1 N–H and O–H groups in total. The Morgan fingerprint density at radius 2 is 1.94 bits per heavy atom. The lowest BCUT2D eigenvalue weighted by atomic mass is 10.1. The predicted molar refractivity (Wildman–Crippen MR) is 126 cm³/mol. The number of halogens is 1. The summed E-state index contributed by atoms with van der Waals surface area (Å²) < 4.78 is 2.03. The molecule has 33 heavy (non-hydrogen) atoms. The molecule has 3 heterocycles. The molecule has 172 valence electrons. The largest absolute Gasteiger partial charge is 0.465 e. The first-order valence-corrected chi connectivity index (χ1v) is 11.7. The van der Waals surface area contributed by atoms with E-state index >= 15 is 0 Å². The van der Waals surface area contributed by atoms with Gasteiger partial charge in [-0.15, -0.1) is 0 Å². The van der Waals surface area contributed by atoms with Gasteiger partial charge in [-0.2, -0.15) is 5.10 Å². The van der Waals surface area contributed by atoms with E-state index in [0.717, 1.165) is 29.5 Å². The molecular weight excluding hydrogens is 442 g/mol. The molecule has 1 atom stereocenters. The second-order valence-corrected chi connectivity index (χ2v) is 9.35. The van der Waals surface area contributed by atoms with E-state index < -0.39 is 6.09 Å². The van der Waals surface area contributed by atoms with Crippen LogP contribution in [-0.2, 0) is 0 Å². The number of pyridine rings is 1.